The van der Waals surface area contributed by atoms with Gasteiger partial charge in [-0.1, -0.05) is 0 Å². The van der Waals surface area contributed by atoms with Crippen LogP contribution >= 0.6 is 0 Å². The first-order valence-corrected chi connectivity index (χ1v) is 21.6. The molecule has 0 aromatic carbocycles. The Labute approximate surface area is 513 Å². The van der Waals surface area contributed by atoms with E-state index in [4.69, 9.17) is 6.42 Å². The van der Waals surface area contributed by atoms with Crippen molar-refractivity contribution in [2.24, 2.45) is 0 Å². The molecule has 0 spiro atoms. The zero-order valence-corrected chi connectivity index (χ0v) is 43.7. The van der Waals surface area contributed by atoms with Crippen molar-refractivity contribution in [1.82, 2.24) is 0 Å². The minimum atomic E-state index is 1.87. The van der Waals surface area contributed by atoms with Crippen LogP contribution < -0.4 is 0 Å². The molecule has 0 aliphatic heterocycles. The van der Waals surface area contributed by atoms with Crippen molar-refractivity contribution in [2.75, 3.05) is 0 Å². The molecule has 0 aliphatic carbocycles. The summed E-state index contributed by atoms with van der Waals surface area (Å²) in [5, 5.41) is 0. The van der Waals surface area contributed by atoms with Gasteiger partial charge in [0, 0.05) is 373 Å². The minimum absolute atomic E-state index is 1.87. The molecule has 0 aromatic rings. The Morgan fingerprint density at radius 1 is 0.0920 bits per heavy atom. The van der Waals surface area contributed by atoms with E-state index in [1.807, 2.05) is 5.92 Å². The van der Waals surface area contributed by atoms with E-state index < -0.39 is 0 Å². The van der Waals surface area contributed by atoms with Crippen LogP contribution in [0.1, 0.15) is 0 Å². The van der Waals surface area contributed by atoms with Gasteiger partial charge in [0.1, 0.15) is 0 Å². The summed E-state index contributed by atoms with van der Waals surface area (Å²) in [6.07, 6.45) is 6.58. The van der Waals surface area contributed by atoms with Gasteiger partial charge in [-0.05, 0) is 94.7 Å². The van der Waals surface area contributed by atoms with Gasteiger partial charge < -0.3 is 6.42 Å². The second kappa shape index (κ2) is 66.9. The lowest BCUT2D eigenvalue weighted by Gasteiger charge is -1.64. The molecule has 0 nitrogen and oxygen atoms in total. The van der Waals surface area contributed by atoms with E-state index in [-0.39, 0.29) is 0 Å². The van der Waals surface area contributed by atoms with Crippen LogP contribution in [0.25, 0.3) is 0 Å². The molecule has 0 atom stereocenters. The van der Waals surface area contributed by atoms with Gasteiger partial charge in [-0.25, -0.2) is 11.8 Å². The third-order valence-corrected chi connectivity index (χ3v) is 5.28. The van der Waals surface area contributed by atoms with Crippen LogP contribution in [0.15, 0.2) is 0 Å². The largest absolute Gasteiger partial charge is 0.358 e. The van der Waals surface area contributed by atoms with Crippen LogP contribution in [0, 0.1) is 517 Å². The van der Waals surface area contributed by atoms with E-state index in [9.17, 15) is 0 Å². The maximum Gasteiger partial charge on any atom is 0 e. The summed E-state index contributed by atoms with van der Waals surface area (Å²) in [4.78, 5) is 0. The van der Waals surface area contributed by atoms with Crippen LogP contribution in [0.2, 0.25) is 0 Å². The second-order valence-electron chi connectivity index (χ2n) is 10.7. The quantitative estimate of drug-likeness (QED) is 0.246. The van der Waals surface area contributed by atoms with E-state index in [1.54, 1.807) is 0 Å². The molecule has 87 heavy (non-hydrogen) atoms. The Bertz CT molecular complexity index is 5980. The summed E-state index contributed by atoms with van der Waals surface area (Å²) in [7, 11) is 0. The highest BCUT2D eigenvalue weighted by atomic mass is 13.7. The van der Waals surface area contributed by atoms with Crippen LogP contribution in [0.4, 0.5) is 0 Å². The van der Waals surface area contributed by atoms with Crippen molar-refractivity contribution in [3.8, 4) is 503 Å². The molecule has 0 radical (unpaired) electrons. The Balaban J connectivity index is 4.62. The molecule has 0 saturated heterocycles. The van der Waals surface area contributed by atoms with Gasteiger partial charge in [-0.15, -0.1) is 11.8 Å². The van der Waals surface area contributed by atoms with Gasteiger partial charge >= 0.3 is 0 Å². The Hall–Kier alpha value is -19.1. The molecular formula is C87H2-2. The molecule has 0 heterocycles. The van der Waals surface area contributed by atoms with Crippen molar-refractivity contribution in [2.45, 2.75) is 0 Å². The maximum atomic E-state index is 6.58. The highest BCUT2D eigenvalue weighted by Gasteiger charge is 1.65. The number of rotatable bonds is 0. The summed E-state index contributed by atoms with van der Waals surface area (Å²) in [5.74, 6) is 211. The van der Waals surface area contributed by atoms with E-state index in [0.717, 1.165) is 0 Å². The third-order valence-electron chi connectivity index (χ3n) is 5.28. The molecule has 352 valence electrons. The molecule has 0 aliphatic rings. The van der Waals surface area contributed by atoms with Gasteiger partial charge in [-0.3, -0.25) is 11.8 Å². The van der Waals surface area contributed by atoms with Gasteiger partial charge in [0.25, 0.3) is 0 Å². The van der Waals surface area contributed by atoms with Crippen LogP contribution in [-0.4, -0.2) is 0 Å². The molecule has 0 heteroatoms. The molecule has 0 bridgehead atoms. The fourth-order valence-electron chi connectivity index (χ4n) is 2.61. The molecule has 0 N–H and O–H groups in total. The van der Waals surface area contributed by atoms with Gasteiger partial charge in [-0.2, -0.15) is 6.92 Å². The summed E-state index contributed by atoms with van der Waals surface area (Å²) >= 11 is 0. The monoisotopic (exact) mass is 1050 g/mol. The summed E-state index contributed by atoms with van der Waals surface area (Å²) < 4.78 is 0. The van der Waals surface area contributed by atoms with Crippen LogP contribution in [-0.2, 0) is 0 Å². The predicted molar refractivity (Wildman–Crippen MR) is 339 cm³/mol. The van der Waals surface area contributed by atoms with Crippen molar-refractivity contribution >= 4 is 0 Å². The van der Waals surface area contributed by atoms with Gasteiger partial charge in [0.15, 0.2) is 0 Å². The van der Waals surface area contributed by atoms with E-state index in [2.05, 4.69) is 504 Å². The lowest BCUT2D eigenvalue weighted by molar-refractivity contribution is 2.31. The van der Waals surface area contributed by atoms with Gasteiger partial charge in [0.2, 0.25) is 0 Å². The molecule has 0 amide bonds. The maximum absolute atomic E-state index is 6.58. The van der Waals surface area contributed by atoms with Crippen molar-refractivity contribution in [1.29, 1.82) is 0 Å². The molecule has 0 fully saturated rings. The zero-order chi connectivity index (χ0) is 62.1. The van der Waals surface area contributed by atoms with E-state index >= 15 is 0 Å². The molecule has 0 unspecified atom stereocenters. The zero-order valence-electron chi connectivity index (χ0n) is 43.7. The number of hydrogen-bond acceptors (Lipinski definition) is 0. The first-order chi connectivity index (χ1) is 43.4. The topological polar surface area (TPSA) is 0 Å². The standard InChI is InChI=1S/C87H2/c1-3-5-7-9-11-13-15-17-19-21-23-25-27-29-31-33-35-37-39-41-43-45-47-49-51-53-55-57-59-61-63-65-67-69-71-73-75-77-79-81-83-85-87-86-84-82-80-78-76-74-72-70-68-66-64-62-60-58-56-54-52-50-48-46-44-42-40-38-36-34-32-30-28-26-24-22-20-18-16-14-12-10-8-6-4-2/h1H2/q-2. The van der Waals surface area contributed by atoms with Crippen molar-refractivity contribution in [3.63, 3.8) is 0 Å². The Morgan fingerprint density at radius 3 is 0.207 bits per heavy atom. The first-order valence-electron chi connectivity index (χ1n) is 21.6. The smallest absolute Gasteiger partial charge is 0 e. The summed E-state index contributed by atoms with van der Waals surface area (Å²) in [6, 6.07) is 0. The third kappa shape index (κ3) is 66.9. The molecule has 0 aromatic heterocycles. The Kier molecular flexibility index (Phi) is 52.3. The molecule has 0 rings (SSSR count). The van der Waals surface area contributed by atoms with Crippen LogP contribution in [0.3, 0.4) is 0 Å². The number of hydrogen-bond donors (Lipinski definition) is 0. The average molecular weight is 1050 g/mol. The molecule has 0 saturated carbocycles. The van der Waals surface area contributed by atoms with Crippen LogP contribution in [0.5, 0.6) is 0 Å². The van der Waals surface area contributed by atoms with E-state index in [0.29, 0.717) is 0 Å². The highest BCUT2D eigenvalue weighted by Crippen LogP contribution is 1.66. The second-order valence-corrected chi connectivity index (χ2v) is 10.7. The predicted octanol–water partition coefficient (Wildman–Crippen LogP) is 0.553. The summed E-state index contributed by atoms with van der Waals surface area (Å²) in [6.45, 7) is 3.32. The minimum Gasteiger partial charge on any atom is -0.358 e. The summed E-state index contributed by atoms with van der Waals surface area (Å²) in [5.41, 5.74) is 0. The lowest BCUT2D eigenvalue weighted by Crippen LogP contribution is -1.57. The normalized spacial score (nSPS) is 3.94. The van der Waals surface area contributed by atoms with Crippen molar-refractivity contribution in [3.05, 3.63) is 13.3 Å². The fraction of sp³-hybridized carbons (Fsp3) is 0. The first kappa shape index (κ1) is 67.9. The fourth-order valence-corrected chi connectivity index (χ4v) is 2.61. The van der Waals surface area contributed by atoms with Gasteiger partial charge in [0.05, 0.1) is 0 Å². The average Bonchev–Trinajstić information content (AvgIpc) is 3.53. The van der Waals surface area contributed by atoms with Crippen molar-refractivity contribution < 1.29 is 0 Å². The molecular weight excluding hydrogens is 1040 g/mol. The van der Waals surface area contributed by atoms with E-state index in [1.165, 1.54) is 0 Å². The highest BCUT2D eigenvalue weighted by molar-refractivity contribution is 5.54. The SMILES string of the molecule is [C-]#CC#CC#CC#CC#CC#CC#CC#CC#CC#CC#CC#CC#CC#CC#CC#CC#CC#CC#CC#CC#CC#CC#CC#CC#CC#CC#CC#CC#CC#CC#CC#CC#CC#CC#CC#CC#CC#CC#CC#CC#CC#CC#C[CH2-]. The Morgan fingerprint density at radius 2 is 0.149 bits per heavy atom. The lowest BCUT2D eigenvalue weighted by atomic mass is 10.4.